The molecule has 0 aliphatic carbocycles. The van der Waals surface area contributed by atoms with Crippen molar-refractivity contribution in [3.63, 3.8) is 0 Å². The van der Waals surface area contributed by atoms with Gasteiger partial charge in [-0.1, -0.05) is 74.5 Å². The molecular formula is C20H20O3. The van der Waals surface area contributed by atoms with E-state index in [0.29, 0.717) is 17.7 Å². The lowest BCUT2D eigenvalue weighted by atomic mass is 10.1. The zero-order valence-electron chi connectivity index (χ0n) is 13.4. The van der Waals surface area contributed by atoms with Crippen LogP contribution in [-0.4, -0.2) is 18.2 Å². The maximum absolute atomic E-state index is 12.6. The molecule has 0 atom stereocenters. The van der Waals surface area contributed by atoms with Crippen LogP contribution in [0.25, 0.3) is 0 Å². The minimum absolute atomic E-state index is 0.0822. The van der Waals surface area contributed by atoms with Gasteiger partial charge in [0, 0.05) is 17.2 Å². The number of ether oxygens (including phenoxy) is 1. The Labute approximate surface area is 136 Å². The number of allylic oxidation sites excluding steroid dienone is 2. The van der Waals surface area contributed by atoms with E-state index in [0.717, 1.165) is 0 Å². The van der Waals surface area contributed by atoms with E-state index in [1.54, 1.807) is 48.5 Å². The minimum Gasteiger partial charge on any atom is -0.489 e. The van der Waals surface area contributed by atoms with Gasteiger partial charge in [-0.25, -0.2) is 0 Å². The van der Waals surface area contributed by atoms with Crippen LogP contribution in [0.4, 0.5) is 0 Å². The molecule has 0 bridgehead atoms. The summed E-state index contributed by atoms with van der Waals surface area (Å²) in [5.74, 6) is -0.184. The predicted octanol–water partition coefficient (Wildman–Crippen LogP) is 4.31. The minimum atomic E-state index is -0.282. The zero-order chi connectivity index (χ0) is 16.7. The zero-order valence-corrected chi connectivity index (χ0v) is 13.4. The van der Waals surface area contributed by atoms with E-state index in [-0.39, 0.29) is 23.2 Å². The van der Waals surface area contributed by atoms with E-state index in [2.05, 4.69) is 0 Å². The van der Waals surface area contributed by atoms with Gasteiger partial charge in [0.2, 0.25) is 5.78 Å². The fraction of sp³-hybridized carbons (Fsp3) is 0.200. The van der Waals surface area contributed by atoms with E-state index < -0.39 is 0 Å². The number of hydrogen-bond acceptors (Lipinski definition) is 3. The van der Waals surface area contributed by atoms with Crippen molar-refractivity contribution in [1.29, 1.82) is 0 Å². The van der Waals surface area contributed by atoms with Crippen molar-refractivity contribution in [2.75, 3.05) is 6.61 Å². The number of rotatable bonds is 7. The van der Waals surface area contributed by atoms with Crippen LogP contribution >= 0.6 is 0 Å². The lowest BCUT2D eigenvalue weighted by Crippen LogP contribution is -2.12. The van der Waals surface area contributed by atoms with Crippen LogP contribution in [0.2, 0.25) is 0 Å². The number of carbonyl (C=O) groups excluding carboxylic acids is 2. The lowest BCUT2D eigenvalue weighted by molar-refractivity contribution is 0.0878. The molecule has 0 saturated carbocycles. The van der Waals surface area contributed by atoms with Crippen LogP contribution in [0, 0.1) is 5.92 Å². The Bertz CT molecular complexity index is 685. The van der Waals surface area contributed by atoms with Crippen LogP contribution < -0.4 is 0 Å². The third-order valence-electron chi connectivity index (χ3n) is 3.15. The number of ketones is 2. The first-order valence-corrected chi connectivity index (χ1v) is 7.61. The van der Waals surface area contributed by atoms with Gasteiger partial charge in [-0.3, -0.25) is 9.59 Å². The Balaban J connectivity index is 2.28. The fourth-order valence-electron chi connectivity index (χ4n) is 1.97. The highest BCUT2D eigenvalue weighted by Gasteiger charge is 2.16. The Morgan fingerprint density at radius 1 is 0.913 bits per heavy atom. The number of carbonyl (C=O) groups is 2. The van der Waals surface area contributed by atoms with Crippen LogP contribution in [0.3, 0.4) is 0 Å². The topological polar surface area (TPSA) is 43.4 Å². The molecule has 0 spiro atoms. The van der Waals surface area contributed by atoms with Crippen LogP contribution in [0.5, 0.6) is 0 Å². The molecule has 2 aromatic carbocycles. The van der Waals surface area contributed by atoms with Crippen molar-refractivity contribution in [3.8, 4) is 0 Å². The largest absolute Gasteiger partial charge is 0.489 e. The molecule has 0 aliphatic rings. The summed E-state index contributed by atoms with van der Waals surface area (Å²) < 4.78 is 5.60. The second kappa shape index (κ2) is 8.08. The summed E-state index contributed by atoms with van der Waals surface area (Å²) in [6.07, 6.45) is 1.28. The van der Waals surface area contributed by atoms with E-state index in [4.69, 9.17) is 4.74 Å². The van der Waals surface area contributed by atoms with Gasteiger partial charge < -0.3 is 4.74 Å². The molecule has 0 aromatic heterocycles. The monoisotopic (exact) mass is 308 g/mol. The summed E-state index contributed by atoms with van der Waals surface area (Å²) in [7, 11) is 0. The average Bonchev–Trinajstić information content (AvgIpc) is 2.59. The van der Waals surface area contributed by atoms with Crippen molar-refractivity contribution in [1.82, 2.24) is 0 Å². The molecule has 0 amide bonds. The van der Waals surface area contributed by atoms with E-state index in [1.165, 1.54) is 6.08 Å². The van der Waals surface area contributed by atoms with Gasteiger partial charge in [0.15, 0.2) is 11.5 Å². The molecule has 118 valence electrons. The van der Waals surface area contributed by atoms with Crippen LogP contribution in [-0.2, 0) is 4.74 Å². The van der Waals surface area contributed by atoms with Crippen molar-refractivity contribution in [2.24, 2.45) is 5.92 Å². The van der Waals surface area contributed by atoms with Gasteiger partial charge in [0.05, 0.1) is 6.61 Å². The van der Waals surface area contributed by atoms with Gasteiger partial charge in [-0.2, -0.15) is 0 Å². The molecule has 2 rings (SSSR count). The smallest absolute Gasteiger partial charge is 0.227 e. The highest BCUT2D eigenvalue weighted by atomic mass is 16.5. The van der Waals surface area contributed by atoms with E-state index in [1.807, 2.05) is 26.0 Å². The van der Waals surface area contributed by atoms with Crippen molar-refractivity contribution < 1.29 is 14.3 Å². The van der Waals surface area contributed by atoms with Crippen molar-refractivity contribution in [3.05, 3.63) is 83.6 Å². The van der Waals surface area contributed by atoms with Crippen molar-refractivity contribution >= 4 is 11.6 Å². The second-order valence-corrected chi connectivity index (χ2v) is 5.64. The van der Waals surface area contributed by atoms with Gasteiger partial charge >= 0.3 is 0 Å². The first-order valence-electron chi connectivity index (χ1n) is 7.61. The Morgan fingerprint density at radius 3 is 1.96 bits per heavy atom. The second-order valence-electron chi connectivity index (χ2n) is 5.64. The van der Waals surface area contributed by atoms with Crippen LogP contribution in [0.15, 0.2) is 72.5 Å². The molecular weight excluding hydrogens is 288 g/mol. The summed E-state index contributed by atoms with van der Waals surface area (Å²) in [4.78, 5) is 24.9. The summed E-state index contributed by atoms with van der Waals surface area (Å²) >= 11 is 0. The van der Waals surface area contributed by atoms with Gasteiger partial charge in [-0.15, -0.1) is 0 Å². The van der Waals surface area contributed by atoms with Gasteiger partial charge in [0.1, 0.15) is 0 Å². The lowest BCUT2D eigenvalue weighted by Gasteiger charge is -2.11. The first kappa shape index (κ1) is 16.7. The van der Waals surface area contributed by atoms with E-state index >= 15 is 0 Å². The third kappa shape index (κ3) is 4.92. The Morgan fingerprint density at radius 2 is 1.43 bits per heavy atom. The molecule has 23 heavy (non-hydrogen) atoms. The quantitative estimate of drug-likeness (QED) is 0.435. The number of Topliss-reactive ketones (excluding diaryl/α,β-unsaturated/α-hetero) is 1. The SMILES string of the molecule is CC(C)CO/C(=C\C(=O)c1ccccc1)C(=O)c1ccccc1. The molecule has 0 fully saturated rings. The first-order chi connectivity index (χ1) is 11.1. The maximum atomic E-state index is 12.6. The van der Waals surface area contributed by atoms with E-state index in [9.17, 15) is 9.59 Å². The standard InChI is InChI=1S/C20H20O3/c1-15(2)14-23-19(20(22)17-11-7-4-8-12-17)13-18(21)16-9-5-3-6-10-16/h3-13,15H,14H2,1-2H3/b19-13-. The molecule has 0 N–H and O–H groups in total. The summed E-state index contributed by atoms with van der Waals surface area (Å²) in [5, 5.41) is 0. The fourth-order valence-corrected chi connectivity index (χ4v) is 1.97. The third-order valence-corrected chi connectivity index (χ3v) is 3.15. The normalized spacial score (nSPS) is 11.3. The predicted molar refractivity (Wildman–Crippen MR) is 90.4 cm³/mol. The van der Waals surface area contributed by atoms with Crippen LogP contribution in [0.1, 0.15) is 34.6 Å². The maximum Gasteiger partial charge on any atom is 0.227 e. The molecule has 0 saturated heterocycles. The molecule has 0 unspecified atom stereocenters. The van der Waals surface area contributed by atoms with Crippen molar-refractivity contribution in [2.45, 2.75) is 13.8 Å². The summed E-state index contributed by atoms with van der Waals surface area (Å²) in [6, 6.07) is 17.7. The molecule has 3 nitrogen and oxygen atoms in total. The van der Waals surface area contributed by atoms with Gasteiger partial charge in [-0.05, 0) is 5.92 Å². The Kier molecular flexibility index (Phi) is 5.87. The number of benzene rings is 2. The summed E-state index contributed by atoms with van der Waals surface area (Å²) in [5.41, 5.74) is 1.03. The molecule has 2 aromatic rings. The average molecular weight is 308 g/mol. The molecule has 0 heterocycles. The Hall–Kier alpha value is -2.68. The van der Waals surface area contributed by atoms with Gasteiger partial charge in [0.25, 0.3) is 0 Å². The summed E-state index contributed by atoms with van der Waals surface area (Å²) in [6.45, 7) is 4.36. The molecule has 0 radical (unpaired) electrons. The highest BCUT2D eigenvalue weighted by molar-refractivity contribution is 6.13. The highest BCUT2D eigenvalue weighted by Crippen LogP contribution is 2.13. The molecule has 3 heteroatoms. The molecule has 0 aliphatic heterocycles. The number of hydrogen-bond donors (Lipinski definition) is 0.